The van der Waals surface area contributed by atoms with Gasteiger partial charge in [0, 0.05) is 36.0 Å². The first-order chi connectivity index (χ1) is 12.7. The number of nitrogens with one attached hydrogen (secondary N) is 1. The zero-order valence-electron chi connectivity index (χ0n) is 14.1. The Labute approximate surface area is 154 Å². The normalized spacial score (nSPS) is 13.5. The van der Waals surface area contributed by atoms with E-state index in [1.165, 1.54) is 15.9 Å². The minimum Gasteiger partial charge on any atom is -0.349 e. The van der Waals surface area contributed by atoms with Gasteiger partial charge in [0.25, 0.3) is 11.5 Å². The molecule has 26 heavy (non-hydrogen) atoms. The quantitative estimate of drug-likeness (QED) is 0.728. The third-order valence-electron chi connectivity index (χ3n) is 4.29. The highest BCUT2D eigenvalue weighted by Crippen LogP contribution is 2.38. The van der Waals surface area contributed by atoms with Gasteiger partial charge in [0.15, 0.2) is 0 Å². The number of aromatic nitrogens is 3. The second-order valence-corrected chi connectivity index (χ2v) is 7.14. The third kappa shape index (κ3) is 3.72. The van der Waals surface area contributed by atoms with Gasteiger partial charge in [0.2, 0.25) is 0 Å². The van der Waals surface area contributed by atoms with Crippen LogP contribution in [0.2, 0.25) is 0 Å². The van der Waals surface area contributed by atoms with Crippen molar-refractivity contribution < 1.29 is 4.79 Å². The summed E-state index contributed by atoms with van der Waals surface area (Å²) >= 11 is 1.44. The molecule has 4 rings (SSSR count). The first kappa shape index (κ1) is 16.7. The molecule has 0 bridgehead atoms. The Hall–Kier alpha value is -2.80. The lowest BCUT2D eigenvalue weighted by molar-refractivity contribution is 0.0948. The average molecular weight is 366 g/mol. The predicted molar refractivity (Wildman–Crippen MR) is 100 cm³/mol. The van der Waals surface area contributed by atoms with E-state index in [2.05, 4.69) is 15.3 Å². The number of hydrogen-bond acceptors (Lipinski definition) is 5. The van der Waals surface area contributed by atoms with Crippen molar-refractivity contribution in [3.63, 3.8) is 0 Å². The fourth-order valence-electron chi connectivity index (χ4n) is 2.68. The van der Waals surface area contributed by atoms with Crippen molar-refractivity contribution in [1.29, 1.82) is 0 Å². The molecule has 3 aromatic rings. The monoisotopic (exact) mass is 366 g/mol. The van der Waals surface area contributed by atoms with Crippen LogP contribution in [0.3, 0.4) is 0 Å². The van der Waals surface area contributed by atoms with Crippen LogP contribution in [-0.2, 0) is 6.54 Å². The van der Waals surface area contributed by atoms with Gasteiger partial charge >= 0.3 is 0 Å². The van der Waals surface area contributed by atoms with Gasteiger partial charge in [-0.25, -0.2) is 9.97 Å². The molecule has 2 heterocycles. The lowest BCUT2D eigenvalue weighted by Crippen LogP contribution is -2.31. The van der Waals surface area contributed by atoms with E-state index in [9.17, 15) is 9.59 Å². The number of carbonyl (C=O) groups excluding carboxylic acids is 1. The predicted octanol–water partition coefficient (Wildman–Crippen LogP) is 2.67. The van der Waals surface area contributed by atoms with Gasteiger partial charge in [-0.15, -0.1) is 11.3 Å². The van der Waals surface area contributed by atoms with Crippen molar-refractivity contribution in [3.8, 4) is 10.6 Å². The lowest BCUT2D eigenvalue weighted by atomic mass is 10.2. The van der Waals surface area contributed by atoms with E-state index in [4.69, 9.17) is 0 Å². The summed E-state index contributed by atoms with van der Waals surface area (Å²) in [5.41, 5.74) is 2.19. The maximum Gasteiger partial charge on any atom is 0.270 e. The van der Waals surface area contributed by atoms with Gasteiger partial charge in [0.05, 0.1) is 12.0 Å². The summed E-state index contributed by atoms with van der Waals surface area (Å²) in [5.74, 6) is 0.222. The summed E-state index contributed by atoms with van der Waals surface area (Å²) in [5, 5.41) is 5.36. The minimum atomic E-state index is -0.237. The van der Waals surface area contributed by atoms with Gasteiger partial charge in [-0.05, 0) is 12.8 Å². The van der Waals surface area contributed by atoms with Crippen LogP contribution < -0.4 is 10.9 Å². The molecule has 1 aliphatic rings. The van der Waals surface area contributed by atoms with Gasteiger partial charge < -0.3 is 5.32 Å². The number of carbonyl (C=O) groups is 1. The van der Waals surface area contributed by atoms with Gasteiger partial charge in [-0.3, -0.25) is 14.2 Å². The molecule has 132 valence electrons. The van der Waals surface area contributed by atoms with Crippen molar-refractivity contribution in [2.24, 2.45) is 0 Å². The lowest BCUT2D eigenvalue weighted by Gasteiger charge is -2.07. The van der Waals surface area contributed by atoms with E-state index in [0.717, 1.165) is 29.1 Å². The van der Waals surface area contributed by atoms with E-state index in [1.54, 1.807) is 17.8 Å². The van der Waals surface area contributed by atoms with E-state index >= 15 is 0 Å². The molecule has 1 aliphatic carbocycles. The van der Waals surface area contributed by atoms with Crippen molar-refractivity contribution in [1.82, 2.24) is 19.9 Å². The number of thiazole rings is 1. The van der Waals surface area contributed by atoms with Crippen molar-refractivity contribution in [3.05, 3.63) is 69.8 Å². The fourth-order valence-corrected chi connectivity index (χ4v) is 3.49. The number of rotatable bonds is 6. The van der Waals surface area contributed by atoms with E-state index in [1.807, 2.05) is 30.3 Å². The molecule has 6 nitrogen and oxygen atoms in total. The Kier molecular flexibility index (Phi) is 4.62. The first-order valence-corrected chi connectivity index (χ1v) is 9.44. The number of hydrogen-bond donors (Lipinski definition) is 1. The van der Waals surface area contributed by atoms with Crippen molar-refractivity contribution in [2.45, 2.75) is 25.3 Å². The second-order valence-electron chi connectivity index (χ2n) is 6.28. The summed E-state index contributed by atoms with van der Waals surface area (Å²) < 4.78 is 1.52. The Morgan fingerprint density at radius 2 is 2.08 bits per heavy atom. The summed E-state index contributed by atoms with van der Waals surface area (Å²) in [7, 11) is 0. The van der Waals surface area contributed by atoms with Crippen LogP contribution in [0.1, 0.15) is 34.9 Å². The summed E-state index contributed by atoms with van der Waals surface area (Å²) in [6.07, 6.45) is 3.80. The van der Waals surface area contributed by atoms with Crippen LogP contribution in [-0.4, -0.2) is 27.0 Å². The maximum atomic E-state index is 12.2. The molecule has 2 aromatic heterocycles. The van der Waals surface area contributed by atoms with Gasteiger partial charge in [0.1, 0.15) is 10.7 Å². The zero-order chi connectivity index (χ0) is 17.9. The molecule has 1 aromatic carbocycles. The molecule has 0 atom stereocenters. The molecule has 1 saturated carbocycles. The van der Waals surface area contributed by atoms with Crippen LogP contribution in [0, 0.1) is 0 Å². The Bertz CT molecular complexity index is 976. The second kappa shape index (κ2) is 7.21. The van der Waals surface area contributed by atoms with Gasteiger partial charge in [-0.1, -0.05) is 30.3 Å². The van der Waals surface area contributed by atoms with Crippen LogP contribution in [0.4, 0.5) is 0 Å². The Balaban J connectivity index is 1.34. The smallest absolute Gasteiger partial charge is 0.270 e. The maximum absolute atomic E-state index is 12.2. The molecule has 7 heteroatoms. The van der Waals surface area contributed by atoms with Crippen LogP contribution >= 0.6 is 11.3 Å². The number of amides is 1. The molecular formula is C19H18N4O2S. The largest absolute Gasteiger partial charge is 0.349 e. The van der Waals surface area contributed by atoms with Crippen LogP contribution in [0.15, 0.2) is 52.9 Å². The van der Waals surface area contributed by atoms with Gasteiger partial charge in [-0.2, -0.15) is 0 Å². The molecule has 0 aliphatic heterocycles. The van der Waals surface area contributed by atoms with Crippen molar-refractivity contribution >= 4 is 17.2 Å². The van der Waals surface area contributed by atoms with E-state index in [0.29, 0.717) is 24.7 Å². The molecule has 0 saturated heterocycles. The summed E-state index contributed by atoms with van der Waals surface area (Å²) in [6, 6.07) is 11.4. The highest BCUT2D eigenvalue weighted by Gasteiger charge is 2.25. The Morgan fingerprint density at radius 3 is 2.81 bits per heavy atom. The molecule has 0 radical (unpaired) electrons. The Morgan fingerprint density at radius 1 is 1.27 bits per heavy atom. The first-order valence-electron chi connectivity index (χ1n) is 8.56. The standard InChI is InChI=1S/C19H18N4O2S/c24-17-10-15(13-6-7-13)21-12-23(17)9-8-20-18(25)16-11-26-19(22-16)14-4-2-1-3-5-14/h1-5,10-13H,6-9H2,(H,20,25). The molecule has 1 N–H and O–H groups in total. The summed E-state index contributed by atoms with van der Waals surface area (Å²) in [4.78, 5) is 33.0. The highest BCUT2D eigenvalue weighted by atomic mass is 32.1. The number of benzene rings is 1. The molecule has 1 fully saturated rings. The van der Waals surface area contributed by atoms with Crippen LogP contribution in [0.25, 0.3) is 10.6 Å². The fraction of sp³-hybridized carbons (Fsp3) is 0.263. The van der Waals surface area contributed by atoms with Crippen LogP contribution in [0.5, 0.6) is 0 Å². The zero-order valence-corrected chi connectivity index (χ0v) is 14.9. The van der Waals surface area contributed by atoms with E-state index < -0.39 is 0 Å². The SMILES string of the molecule is O=C(NCCn1cnc(C2CC2)cc1=O)c1csc(-c2ccccc2)n1. The van der Waals surface area contributed by atoms with Crippen molar-refractivity contribution in [2.75, 3.05) is 6.54 Å². The topological polar surface area (TPSA) is 76.9 Å². The number of nitrogens with zero attached hydrogens (tertiary/aromatic N) is 3. The third-order valence-corrected chi connectivity index (χ3v) is 5.18. The highest BCUT2D eigenvalue weighted by molar-refractivity contribution is 7.13. The minimum absolute atomic E-state index is 0.0730. The molecule has 0 spiro atoms. The summed E-state index contributed by atoms with van der Waals surface area (Å²) in [6.45, 7) is 0.736. The molecule has 0 unspecified atom stereocenters. The van der Waals surface area contributed by atoms with E-state index in [-0.39, 0.29) is 11.5 Å². The average Bonchev–Trinajstić information content (AvgIpc) is 3.40. The molecule has 1 amide bonds. The molecular weight excluding hydrogens is 348 g/mol.